The van der Waals surface area contributed by atoms with Crippen LogP contribution in [0.1, 0.15) is 13.8 Å². The number of amides is 1. The molecule has 7 nitrogen and oxygen atoms in total. The Morgan fingerprint density at radius 2 is 1.81 bits per heavy atom. The third-order valence-electron chi connectivity index (χ3n) is 1.87. The number of nitrogens with zero attached hydrogens (tertiary/aromatic N) is 1. The summed E-state index contributed by atoms with van der Waals surface area (Å²) >= 11 is 0. The van der Waals surface area contributed by atoms with E-state index in [2.05, 4.69) is 17.9 Å². The van der Waals surface area contributed by atoms with Crippen LogP contribution in [-0.2, 0) is 19.1 Å². The number of hydrogen-bond donors (Lipinski definition) is 2. The molecule has 0 aromatic rings. The molecule has 0 unspecified atom stereocenters. The fraction of sp³-hybridized carbons (Fsp3) is 0.357. The van der Waals surface area contributed by atoms with Gasteiger partial charge >= 0.3 is 11.9 Å². The summed E-state index contributed by atoms with van der Waals surface area (Å²) in [5.41, 5.74) is 0. The summed E-state index contributed by atoms with van der Waals surface area (Å²) in [6.45, 7) is 9.95. The molecule has 2 N–H and O–H groups in total. The van der Waals surface area contributed by atoms with Gasteiger partial charge in [0.25, 0.3) is 0 Å². The van der Waals surface area contributed by atoms with Crippen molar-refractivity contribution in [3.63, 3.8) is 0 Å². The highest BCUT2D eigenvalue weighted by atomic mass is 16.5. The summed E-state index contributed by atoms with van der Waals surface area (Å²) in [5, 5.41) is 16.4. The van der Waals surface area contributed by atoms with Crippen LogP contribution in [-0.4, -0.2) is 52.2 Å². The molecule has 0 aliphatic heterocycles. The second kappa shape index (κ2) is 12.6. The maximum Gasteiger partial charge on any atom is 0.330 e. The molecule has 0 rings (SSSR count). The SMILES string of the molecule is C=CC(=O)N(C=CC(=O)O)C(C)C.C=CC(=O)OCCO. The topological polar surface area (TPSA) is 104 Å². The lowest BCUT2D eigenvalue weighted by Crippen LogP contribution is -2.30. The number of carbonyl (C=O) groups excluding carboxylic acids is 2. The summed E-state index contributed by atoms with van der Waals surface area (Å²) in [6, 6.07) is -0.0823. The number of aliphatic hydroxyl groups excluding tert-OH is 1. The van der Waals surface area contributed by atoms with Crippen LogP contribution in [0, 0.1) is 0 Å². The van der Waals surface area contributed by atoms with Gasteiger partial charge in [0.15, 0.2) is 0 Å². The molecule has 0 bridgehead atoms. The fourth-order valence-electron chi connectivity index (χ4n) is 0.955. The van der Waals surface area contributed by atoms with Gasteiger partial charge in [-0.2, -0.15) is 0 Å². The average Bonchev–Trinajstić information content (AvgIpc) is 2.44. The number of carbonyl (C=O) groups is 3. The second-order valence-corrected chi connectivity index (χ2v) is 3.79. The van der Waals surface area contributed by atoms with Crippen LogP contribution in [0.25, 0.3) is 0 Å². The van der Waals surface area contributed by atoms with E-state index in [9.17, 15) is 14.4 Å². The molecule has 0 aliphatic rings. The molecule has 0 heterocycles. The normalized spacial score (nSPS) is 9.52. The molecule has 21 heavy (non-hydrogen) atoms. The minimum atomic E-state index is -1.08. The first-order chi connectivity index (χ1) is 9.79. The molecular formula is C14H21NO6. The van der Waals surface area contributed by atoms with Crippen LogP contribution >= 0.6 is 0 Å². The molecule has 0 atom stereocenters. The number of esters is 1. The van der Waals surface area contributed by atoms with Crippen molar-refractivity contribution in [3.8, 4) is 0 Å². The molecule has 7 heteroatoms. The van der Waals surface area contributed by atoms with E-state index in [0.29, 0.717) is 0 Å². The zero-order chi connectivity index (χ0) is 16.8. The summed E-state index contributed by atoms with van der Waals surface area (Å²) in [6.07, 6.45) is 4.35. The Hall–Kier alpha value is -2.41. The lowest BCUT2D eigenvalue weighted by atomic mass is 10.3. The van der Waals surface area contributed by atoms with Gasteiger partial charge in [-0.3, -0.25) is 4.79 Å². The first-order valence-electron chi connectivity index (χ1n) is 6.06. The van der Waals surface area contributed by atoms with Gasteiger partial charge < -0.3 is 19.8 Å². The Bertz CT molecular complexity index is 400. The van der Waals surface area contributed by atoms with Crippen molar-refractivity contribution in [3.05, 3.63) is 37.6 Å². The zero-order valence-electron chi connectivity index (χ0n) is 12.2. The van der Waals surface area contributed by atoms with Crippen LogP contribution < -0.4 is 0 Å². The molecular weight excluding hydrogens is 278 g/mol. The number of rotatable bonds is 7. The molecule has 0 aliphatic carbocycles. The van der Waals surface area contributed by atoms with E-state index in [4.69, 9.17) is 10.2 Å². The van der Waals surface area contributed by atoms with E-state index in [1.54, 1.807) is 13.8 Å². The van der Waals surface area contributed by atoms with Crippen molar-refractivity contribution < 1.29 is 29.3 Å². The summed E-state index contributed by atoms with van der Waals surface area (Å²) in [7, 11) is 0. The lowest BCUT2D eigenvalue weighted by molar-refractivity contribution is -0.138. The largest absolute Gasteiger partial charge is 0.478 e. The lowest BCUT2D eigenvalue weighted by Gasteiger charge is -2.20. The summed E-state index contributed by atoms with van der Waals surface area (Å²) in [4.78, 5) is 32.7. The Balaban J connectivity index is 0. The van der Waals surface area contributed by atoms with Gasteiger partial charge in [-0.15, -0.1) is 0 Å². The quantitative estimate of drug-likeness (QED) is 0.530. The van der Waals surface area contributed by atoms with Gasteiger partial charge in [0.1, 0.15) is 6.61 Å². The average molecular weight is 299 g/mol. The van der Waals surface area contributed by atoms with E-state index < -0.39 is 11.9 Å². The van der Waals surface area contributed by atoms with Crippen molar-refractivity contribution in [2.45, 2.75) is 19.9 Å². The summed E-state index contributed by atoms with van der Waals surface area (Å²) in [5.74, 6) is -1.89. The molecule has 1 amide bonds. The van der Waals surface area contributed by atoms with Crippen molar-refractivity contribution >= 4 is 17.8 Å². The number of ether oxygens (including phenoxy) is 1. The molecule has 0 spiro atoms. The predicted molar refractivity (Wildman–Crippen MR) is 77.2 cm³/mol. The molecule has 0 fully saturated rings. The minimum absolute atomic E-state index is 0.0465. The Labute approximate surface area is 123 Å². The number of carboxylic acid groups (broad SMARTS) is 1. The number of hydrogen-bond acceptors (Lipinski definition) is 5. The highest BCUT2D eigenvalue weighted by Crippen LogP contribution is 2.00. The summed E-state index contributed by atoms with van der Waals surface area (Å²) < 4.78 is 4.33. The van der Waals surface area contributed by atoms with Crippen LogP contribution in [0.2, 0.25) is 0 Å². The third-order valence-corrected chi connectivity index (χ3v) is 1.87. The third kappa shape index (κ3) is 12.4. The van der Waals surface area contributed by atoms with Gasteiger partial charge in [-0.25, -0.2) is 9.59 Å². The highest BCUT2D eigenvalue weighted by molar-refractivity contribution is 5.89. The van der Waals surface area contributed by atoms with E-state index in [1.165, 1.54) is 11.1 Å². The van der Waals surface area contributed by atoms with Crippen molar-refractivity contribution in [2.24, 2.45) is 0 Å². The predicted octanol–water partition coefficient (Wildman–Crippen LogP) is 0.716. The number of aliphatic hydroxyl groups is 1. The molecule has 0 aromatic carbocycles. The van der Waals surface area contributed by atoms with Crippen molar-refractivity contribution in [2.75, 3.05) is 13.2 Å². The first-order valence-corrected chi connectivity index (χ1v) is 6.06. The standard InChI is InChI=1S/C9H13NO3.C5H8O3/c1-4-8(11)10(7(2)3)6-5-9(12)13;1-2-5(7)8-4-3-6/h4-7H,1H2,2-3H3,(H,12,13);2,6H,1,3-4H2. The maximum atomic E-state index is 11.1. The molecule has 0 radical (unpaired) electrons. The maximum absolute atomic E-state index is 11.1. The Kier molecular flexibility index (Phi) is 12.6. The van der Waals surface area contributed by atoms with Gasteiger partial charge in [0, 0.05) is 24.4 Å². The zero-order valence-corrected chi connectivity index (χ0v) is 12.2. The van der Waals surface area contributed by atoms with E-state index in [-0.39, 0.29) is 25.2 Å². The second-order valence-electron chi connectivity index (χ2n) is 3.79. The van der Waals surface area contributed by atoms with E-state index in [0.717, 1.165) is 18.2 Å². The van der Waals surface area contributed by atoms with Crippen molar-refractivity contribution in [1.82, 2.24) is 4.90 Å². The smallest absolute Gasteiger partial charge is 0.330 e. The van der Waals surface area contributed by atoms with Crippen LogP contribution in [0.15, 0.2) is 37.6 Å². The highest BCUT2D eigenvalue weighted by Gasteiger charge is 2.10. The molecule has 0 saturated carbocycles. The van der Waals surface area contributed by atoms with Gasteiger partial charge in [-0.05, 0) is 19.9 Å². The monoisotopic (exact) mass is 299 g/mol. The first kappa shape index (κ1) is 20.9. The molecule has 0 aromatic heterocycles. The van der Waals surface area contributed by atoms with Crippen LogP contribution in [0.3, 0.4) is 0 Å². The van der Waals surface area contributed by atoms with Crippen molar-refractivity contribution in [1.29, 1.82) is 0 Å². The van der Waals surface area contributed by atoms with Gasteiger partial charge in [-0.1, -0.05) is 13.2 Å². The molecule has 118 valence electrons. The van der Waals surface area contributed by atoms with Gasteiger partial charge in [0.2, 0.25) is 5.91 Å². The number of aliphatic carboxylic acids is 1. The number of carboxylic acids is 1. The fourth-order valence-corrected chi connectivity index (χ4v) is 0.955. The van der Waals surface area contributed by atoms with E-state index in [1.807, 2.05) is 0 Å². The Morgan fingerprint density at radius 1 is 1.24 bits per heavy atom. The van der Waals surface area contributed by atoms with Crippen LogP contribution in [0.5, 0.6) is 0 Å². The van der Waals surface area contributed by atoms with E-state index >= 15 is 0 Å². The molecule has 0 saturated heterocycles. The van der Waals surface area contributed by atoms with Gasteiger partial charge in [0.05, 0.1) is 6.61 Å². The Morgan fingerprint density at radius 3 is 2.14 bits per heavy atom. The minimum Gasteiger partial charge on any atom is -0.478 e. The van der Waals surface area contributed by atoms with Crippen LogP contribution in [0.4, 0.5) is 0 Å².